The normalized spacial score (nSPS) is 23.9. The van der Waals surface area contributed by atoms with Gasteiger partial charge < -0.3 is 19.3 Å². The summed E-state index contributed by atoms with van der Waals surface area (Å²) in [5.41, 5.74) is -0.955. The largest absolute Gasteiger partial charge is 0.444 e. The maximum Gasteiger partial charge on any atom is 0.410 e. The van der Waals surface area contributed by atoms with Crippen molar-refractivity contribution in [3.05, 3.63) is 12.2 Å². The summed E-state index contributed by atoms with van der Waals surface area (Å²) in [5.74, 6) is 0. The van der Waals surface area contributed by atoms with Gasteiger partial charge in [-0.2, -0.15) is 0 Å². The van der Waals surface area contributed by atoms with Crippen LogP contribution in [0.3, 0.4) is 0 Å². The number of likely N-dealkylation sites (tertiary alicyclic amines) is 2. The Bertz CT molecular complexity index is 560. The topological polar surface area (TPSA) is 59.1 Å². The van der Waals surface area contributed by atoms with Crippen molar-refractivity contribution in [1.29, 1.82) is 0 Å². The summed E-state index contributed by atoms with van der Waals surface area (Å²) in [4.78, 5) is 28.4. The third kappa shape index (κ3) is 6.74. The Labute approximate surface area is 163 Å². The van der Waals surface area contributed by atoms with Crippen LogP contribution in [0.5, 0.6) is 0 Å². The molecule has 0 radical (unpaired) electrons. The van der Waals surface area contributed by atoms with E-state index in [1.54, 1.807) is 0 Å². The number of hydrogen-bond donors (Lipinski definition) is 0. The van der Waals surface area contributed by atoms with E-state index >= 15 is 0 Å². The minimum Gasteiger partial charge on any atom is -0.444 e. The van der Waals surface area contributed by atoms with Crippen LogP contribution in [-0.2, 0) is 9.47 Å². The van der Waals surface area contributed by atoms with E-state index in [0.717, 1.165) is 45.2 Å². The molecule has 2 atom stereocenters. The zero-order chi connectivity index (χ0) is 20.2. The first-order valence-corrected chi connectivity index (χ1v) is 10.1. The fourth-order valence-corrected chi connectivity index (χ4v) is 3.57. The van der Waals surface area contributed by atoms with Crippen LogP contribution in [0.1, 0.15) is 73.6 Å². The highest BCUT2D eigenvalue weighted by molar-refractivity contribution is 5.69. The number of hydrogen-bond acceptors (Lipinski definition) is 4. The monoisotopic (exact) mass is 380 g/mol. The molecule has 154 valence electrons. The summed E-state index contributed by atoms with van der Waals surface area (Å²) in [6, 6.07) is 0.253. The Morgan fingerprint density at radius 1 is 0.889 bits per heavy atom. The molecule has 0 spiro atoms. The molecular formula is C21H36N2O4. The quantitative estimate of drug-likeness (QED) is 0.664. The lowest BCUT2D eigenvalue weighted by Crippen LogP contribution is -2.40. The van der Waals surface area contributed by atoms with Gasteiger partial charge in [-0.15, -0.1) is 0 Å². The van der Waals surface area contributed by atoms with Crippen LogP contribution in [-0.4, -0.2) is 58.4 Å². The maximum atomic E-state index is 12.4. The van der Waals surface area contributed by atoms with E-state index < -0.39 is 11.2 Å². The molecule has 6 nitrogen and oxygen atoms in total. The summed E-state index contributed by atoms with van der Waals surface area (Å²) in [5, 5.41) is 0. The fourth-order valence-electron chi connectivity index (χ4n) is 3.57. The van der Waals surface area contributed by atoms with E-state index in [1.807, 2.05) is 51.3 Å². The Morgan fingerprint density at radius 3 is 2.00 bits per heavy atom. The van der Waals surface area contributed by atoms with Gasteiger partial charge in [0.15, 0.2) is 0 Å². The number of rotatable bonds is 3. The van der Waals surface area contributed by atoms with E-state index in [9.17, 15) is 9.59 Å². The van der Waals surface area contributed by atoms with Crippen molar-refractivity contribution in [1.82, 2.24) is 9.80 Å². The lowest BCUT2D eigenvalue weighted by atomic mass is 10.1. The van der Waals surface area contributed by atoms with Crippen molar-refractivity contribution in [2.75, 3.05) is 13.1 Å². The van der Waals surface area contributed by atoms with E-state index in [0.29, 0.717) is 0 Å². The molecule has 2 fully saturated rings. The molecule has 0 aliphatic carbocycles. The van der Waals surface area contributed by atoms with E-state index in [-0.39, 0.29) is 24.3 Å². The minimum absolute atomic E-state index is 0.0798. The van der Waals surface area contributed by atoms with E-state index in [2.05, 4.69) is 12.2 Å². The van der Waals surface area contributed by atoms with Crippen molar-refractivity contribution in [3.8, 4) is 0 Å². The van der Waals surface area contributed by atoms with Crippen molar-refractivity contribution < 1.29 is 19.1 Å². The number of carbonyl (C=O) groups excluding carboxylic acids is 2. The van der Waals surface area contributed by atoms with Gasteiger partial charge in [-0.05, 0) is 73.6 Å². The minimum atomic E-state index is -0.480. The van der Waals surface area contributed by atoms with Crippen LogP contribution in [0, 0.1) is 0 Å². The van der Waals surface area contributed by atoms with Crippen LogP contribution < -0.4 is 0 Å². The van der Waals surface area contributed by atoms with Crippen molar-refractivity contribution >= 4 is 12.2 Å². The molecule has 0 aromatic rings. The number of ether oxygens (including phenoxy) is 2. The highest BCUT2D eigenvalue weighted by Crippen LogP contribution is 2.25. The molecule has 2 aliphatic heterocycles. The third-order valence-corrected chi connectivity index (χ3v) is 4.70. The molecule has 0 saturated carbocycles. The molecule has 0 bridgehead atoms. The molecule has 2 amide bonds. The number of amides is 2. The van der Waals surface area contributed by atoms with Gasteiger partial charge in [0.2, 0.25) is 0 Å². The number of carbonyl (C=O) groups is 2. The van der Waals surface area contributed by atoms with E-state index in [4.69, 9.17) is 9.47 Å². The molecule has 27 heavy (non-hydrogen) atoms. The lowest BCUT2D eigenvalue weighted by molar-refractivity contribution is 0.0227. The summed E-state index contributed by atoms with van der Waals surface area (Å²) in [6.07, 6.45) is 8.47. The second-order valence-electron chi connectivity index (χ2n) is 9.52. The van der Waals surface area contributed by atoms with Gasteiger partial charge in [0, 0.05) is 19.1 Å². The molecular weight excluding hydrogens is 344 g/mol. The maximum absolute atomic E-state index is 12.4. The first-order valence-electron chi connectivity index (χ1n) is 10.1. The first-order chi connectivity index (χ1) is 12.5. The third-order valence-electron chi connectivity index (χ3n) is 4.70. The van der Waals surface area contributed by atoms with Crippen molar-refractivity contribution in [2.45, 2.75) is 96.9 Å². The van der Waals surface area contributed by atoms with Gasteiger partial charge >= 0.3 is 12.2 Å². The molecule has 2 aliphatic rings. The van der Waals surface area contributed by atoms with Crippen molar-refractivity contribution in [3.63, 3.8) is 0 Å². The van der Waals surface area contributed by atoms with Gasteiger partial charge in [-0.25, -0.2) is 9.59 Å². The molecule has 2 rings (SSSR count). The van der Waals surface area contributed by atoms with Gasteiger partial charge in [0.1, 0.15) is 11.2 Å². The Hall–Kier alpha value is -1.72. The molecule has 0 N–H and O–H groups in total. The Morgan fingerprint density at radius 2 is 1.41 bits per heavy atom. The van der Waals surface area contributed by atoms with Crippen LogP contribution in [0.25, 0.3) is 0 Å². The van der Waals surface area contributed by atoms with Crippen LogP contribution in [0.2, 0.25) is 0 Å². The molecule has 0 unspecified atom stereocenters. The van der Waals surface area contributed by atoms with Crippen LogP contribution in [0.4, 0.5) is 9.59 Å². The first kappa shape index (κ1) is 21.6. The van der Waals surface area contributed by atoms with E-state index in [1.165, 1.54) is 0 Å². The van der Waals surface area contributed by atoms with Gasteiger partial charge in [0.25, 0.3) is 0 Å². The lowest BCUT2D eigenvalue weighted by Gasteiger charge is -2.28. The highest BCUT2D eigenvalue weighted by atomic mass is 16.6. The van der Waals surface area contributed by atoms with Crippen LogP contribution in [0.15, 0.2) is 12.2 Å². The van der Waals surface area contributed by atoms with Crippen LogP contribution >= 0.6 is 0 Å². The SMILES string of the molecule is CC(C)(C)OC(=O)N1CCC[C@H]1C/C=C/[C@@H]1CCCN1C(=O)OC(C)(C)C. The second-order valence-corrected chi connectivity index (χ2v) is 9.52. The summed E-state index contributed by atoms with van der Waals surface area (Å²) in [7, 11) is 0. The highest BCUT2D eigenvalue weighted by Gasteiger charge is 2.33. The predicted octanol–water partition coefficient (Wildman–Crippen LogP) is 4.73. The molecule has 0 aromatic heterocycles. The predicted molar refractivity (Wildman–Crippen MR) is 106 cm³/mol. The van der Waals surface area contributed by atoms with Crippen molar-refractivity contribution in [2.24, 2.45) is 0 Å². The van der Waals surface area contributed by atoms with Gasteiger partial charge in [-0.1, -0.05) is 12.2 Å². The molecule has 6 heteroatoms. The standard InChI is InChI=1S/C21H36N2O4/c1-20(2,3)26-18(24)22-14-8-12-16(22)10-7-11-17-13-9-15-23(17)19(25)27-21(4,5)6/h7,10,16-17H,8-9,11-15H2,1-6H3/b10-7+/t16-,17-/m1/s1. The molecule has 2 saturated heterocycles. The van der Waals surface area contributed by atoms with Gasteiger partial charge in [-0.3, -0.25) is 0 Å². The smallest absolute Gasteiger partial charge is 0.410 e. The molecule has 0 aromatic carbocycles. The summed E-state index contributed by atoms with van der Waals surface area (Å²) < 4.78 is 11.0. The summed E-state index contributed by atoms with van der Waals surface area (Å²) >= 11 is 0. The second kappa shape index (κ2) is 8.53. The summed E-state index contributed by atoms with van der Waals surface area (Å²) in [6.45, 7) is 12.8. The average molecular weight is 381 g/mol. The zero-order valence-electron chi connectivity index (χ0n) is 17.8. The molecule has 2 heterocycles. The van der Waals surface area contributed by atoms with Gasteiger partial charge in [0.05, 0.1) is 6.04 Å². The number of nitrogens with zero attached hydrogens (tertiary/aromatic N) is 2. The zero-order valence-corrected chi connectivity index (χ0v) is 17.8. The Kier molecular flexibility index (Phi) is 6.82. The Balaban J connectivity index is 1.89. The fraction of sp³-hybridized carbons (Fsp3) is 0.810. The average Bonchev–Trinajstić information content (AvgIpc) is 3.12.